The summed E-state index contributed by atoms with van der Waals surface area (Å²) in [6.45, 7) is 1.77. The molecule has 1 aliphatic rings. The number of rotatable bonds is 5. The second-order valence-electron chi connectivity index (χ2n) is 7.02. The Morgan fingerprint density at radius 1 is 0.793 bits per heavy atom. The minimum Gasteiger partial charge on any atom is -0.317 e. The summed E-state index contributed by atoms with van der Waals surface area (Å²) in [4.78, 5) is 0. The van der Waals surface area contributed by atoms with E-state index in [0.29, 0.717) is 0 Å². The first-order valence-electron chi connectivity index (χ1n) is 9.66. The van der Waals surface area contributed by atoms with Gasteiger partial charge in [-0.15, -0.1) is 0 Å². The molecule has 29 heavy (non-hydrogen) atoms. The number of para-hydroxylation sites is 1. The Balaban J connectivity index is 1.62. The van der Waals surface area contributed by atoms with Crippen molar-refractivity contribution in [3.05, 3.63) is 107 Å². The van der Waals surface area contributed by atoms with Crippen molar-refractivity contribution >= 4 is 23.4 Å². The van der Waals surface area contributed by atoms with Crippen LogP contribution in [0.1, 0.15) is 24.0 Å². The van der Waals surface area contributed by atoms with Crippen LogP contribution < -0.4 is 4.72 Å². The predicted octanol–water partition coefficient (Wildman–Crippen LogP) is 6.54. The van der Waals surface area contributed by atoms with E-state index in [4.69, 9.17) is 0 Å². The highest BCUT2D eigenvalue weighted by molar-refractivity contribution is 7.98. The van der Waals surface area contributed by atoms with E-state index in [0.717, 1.165) is 48.3 Å². The van der Waals surface area contributed by atoms with Crippen LogP contribution in [0.3, 0.4) is 0 Å². The van der Waals surface area contributed by atoms with Gasteiger partial charge in [-0.3, -0.25) is 0 Å². The molecule has 1 heterocycles. The monoisotopic (exact) mass is 408 g/mol. The molecule has 2 nitrogen and oxygen atoms in total. The van der Waals surface area contributed by atoms with Gasteiger partial charge in [0.25, 0.3) is 0 Å². The molecule has 1 aliphatic heterocycles. The van der Waals surface area contributed by atoms with Crippen molar-refractivity contribution in [1.29, 1.82) is 0 Å². The van der Waals surface area contributed by atoms with Crippen LogP contribution in [0.4, 0.5) is 14.5 Å². The number of hydrogen-bond donors (Lipinski definition) is 1. The molecule has 0 aliphatic carbocycles. The summed E-state index contributed by atoms with van der Waals surface area (Å²) in [7, 11) is 0. The van der Waals surface area contributed by atoms with Gasteiger partial charge in [0.2, 0.25) is 0 Å². The van der Waals surface area contributed by atoms with Gasteiger partial charge in [0, 0.05) is 30.9 Å². The van der Waals surface area contributed by atoms with Crippen LogP contribution in [-0.2, 0) is 0 Å². The van der Waals surface area contributed by atoms with Crippen molar-refractivity contribution in [3.8, 4) is 0 Å². The van der Waals surface area contributed by atoms with E-state index in [1.54, 1.807) is 36.4 Å². The van der Waals surface area contributed by atoms with Crippen LogP contribution in [0, 0.1) is 11.6 Å². The Kier molecular flexibility index (Phi) is 6.27. The number of nitrogens with zero attached hydrogens (tertiary/aromatic N) is 1. The smallest absolute Gasteiger partial charge is 0.123 e. The molecule has 1 N–H and O–H groups in total. The second-order valence-corrected chi connectivity index (χ2v) is 7.92. The van der Waals surface area contributed by atoms with Gasteiger partial charge >= 0.3 is 0 Å². The van der Waals surface area contributed by atoms with Crippen LogP contribution in [-0.4, -0.2) is 17.4 Å². The average Bonchev–Trinajstić information content (AvgIpc) is 2.76. The summed E-state index contributed by atoms with van der Waals surface area (Å²) in [5, 5.41) is 0. The molecule has 0 bridgehead atoms. The lowest BCUT2D eigenvalue weighted by Crippen LogP contribution is -2.27. The van der Waals surface area contributed by atoms with E-state index in [1.165, 1.54) is 29.8 Å². The van der Waals surface area contributed by atoms with Crippen molar-refractivity contribution in [3.63, 3.8) is 0 Å². The molecule has 3 aromatic carbocycles. The summed E-state index contributed by atoms with van der Waals surface area (Å²) in [5.41, 5.74) is 5.31. The molecule has 0 aromatic heterocycles. The fourth-order valence-electron chi connectivity index (χ4n) is 3.55. The van der Waals surface area contributed by atoms with Gasteiger partial charge < -0.3 is 4.72 Å². The molecule has 0 radical (unpaired) electrons. The van der Waals surface area contributed by atoms with Crippen LogP contribution >= 0.6 is 12.1 Å². The molecule has 0 amide bonds. The third kappa shape index (κ3) is 5.05. The maximum absolute atomic E-state index is 13.5. The van der Waals surface area contributed by atoms with Crippen LogP contribution in [0.15, 0.2) is 84.4 Å². The summed E-state index contributed by atoms with van der Waals surface area (Å²) in [6.07, 6.45) is 2.00. The van der Waals surface area contributed by atoms with Gasteiger partial charge in [0.1, 0.15) is 11.6 Å². The number of nitrogens with one attached hydrogen (secondary N) is 1. The van der Waals surface area contributed by atoms with Gasteiger partial charge in [-0.25, -0.2) is 13.1 Å². The highest BCUT2D eigenvalue weighted by atomic mass is 32.2. The molecule has 5 heteroatoms. The first kappa shape index (κ1) is 19.7. The van der Waals surface area contributed by atoms with E-state index in [9.17, 15) is 8.78 Å². The van der Waals surface area contributed by atoms with E-state index >= 15 is 0 Å². The minimum atomic E-state index is -0.259. The van der Waals surface area contributed by atoms with Gasteiger partial charge in [-0.1, -0.05) is 42.5 Å². The van der Waals surface area contributed by atoms with Gasteiger partial charge in [-0.05, 0) is 71.5 Å². The largest absolute Gasteiger partial charge is 0.317 e. The predicted molar refractivity (Wildman–Crippen MR) is 117 cm³/mol. The maximum atomic E-state index is 13.5. The number of benzene rings is 3. The number of hydrogen-bond acceptors (Lipinski definition) is 3. The fraction of sp³-hybridized carbons (Fsp3) is 0.167. The highest BCUT2D eigenvalue weighted by Gasteiger charge is 2.20. The summed E-state index contributed by atoms with van der Waals surface area (Å²) >= 11 is 1.60. The van der Waals surface area contributed by atoms with Crippen molar-refractivity contribution in [1.82, 2.24) is 4.31 Å². The molecule has 0 spiro atoms. The lowest BCUT2D eigenvalue weighted by atomic mass is 9.89. The lowest BCUT2D eigenvalue weighted by Gasteiger charge is -2.29. The summed E-state index contributed by atoms with van der Waals surface area (Å²) in [5.74, 6) is -0.518. The van der Waals surface area contributed by atoms with Crippen LogP contribution in [0.5, 0.6) is 0 Å². The molecule has 1 fully saturated rings. The Bertz CT molecular complexity index is 923. The van der Waals surface area contributed by atoms with E-state index < -0.39 is 0 Å². The quantitative estimate of drug-likeness (QED) is 0.483. The third-order valence-electron chi connectivity index (χ3n) is 4.94. The number of halogens is 2. The Morgan fingerprint density at radius 2 is 1.38 bits per heavy atom. The molecule has 0 unspecified atom stereocenters. The molecular weight excluding hydrogens is 386 g/mol. The zero-order valence-corrected chi connectivity index (χ0v) is 16.8. The van der Waals surface area contributed by atoms with Gasteiger partial charge in [-0.2, -0.15) is 0 Å². The topological polar surface area (TPSA) is 15.3 Å². The zero-order valence-electron chi connectivity index (χ0n) is 15.9. The standard InChI is InChI=1S/C24H22F2N2S/c25-21-12-8-18(9-13-21)24(19-10-14-22(26)15-11-19)20-5-4-16-28(17-20)29-27-23-6-2-1-3-7-23/h1-3,6-15,27H,4-5,16-17H2. The molecule has 1 saturated heterocycles. The van der Waals surface area contributed by atoms with Crippen LogP contribution in [0.2, 0.25) is 0 Å². The van der Waals surface area contributed by atoms with Gasteiger partial charge in [0.15, 0.2) is 0 Å². The van der Waals surface area contributed by atoms with E-state index in [2.05, 4.69) is 9.03 Å². The SMILES string of the molecule is Fc1ccc(C(=C2CCCN(SNc3ccccc3)C2)c2ccc(F)cc2)cc1. The van der Waals surface area contributed by atoms with Crippen molar-refractivity contribution < 1.29 is 8.78 Å². The van der Waals surface area contributed by atoms with Crippen molar-refractivity contribution in [2.75, 3.05) is 17.8 Å². The normalized spacial score (nSPS) is 14.6. The Hall–Kier alpha value is -2.63. The number of piperidine rings is 1. The fourth-order valence-corrected chi connectivity index (χ4v) is 4.36. The molecule has 148 valence electrons. The van der Waals surface area contributed by atoms with Crippen molar-refractivity contribution in [2.24, 2.45) is 0 Å². The zero-order chi connectivity index (χ0) is 20.1. The van der Waals surface area contributed by atoms with E-state index in [1.807, 2.05) is 30.3 Å². The first-order valence-corrected chi connectivity index (χ1v) is 10.4. The third-order valence-corrected chi connectivity index (χ3v) is 5.84. The maximum Gasteiger partial charge on any atom is 0.123 e. The van der Waals surface area contributed by atoms with E-state index in [-0.39, 0.29) is 11.6 Å². The highest BCUT2D eigenvalue weighted by Crippen LogP contribution is 2.33. The molecular formula is C24H22F2N2S. The second kappa shape index (κ2) is 9.25. The summed E-state index contributed by atoms with van der Waals surface area (Å²) in [6, 6.07) is 23.2. The summed E-state index contributed by atoms with van der Waals surface area (Å²) < 4.78 is 32.7. The minimum absolute atomic E-state index is 0.259. The van der Waals surface area contributed by atoms with Crippen LogP contribution in [0.25, 0.3) is 5.57 Å². The molecule has 3 aromatic rings. The molecule has 4 rings (SSSR count). The number of anilines is 1. The van der Waals surface area contributed by atoms with Gasteiger partial charge in [0.05, 0.1) is 0 Å². The van der Waals surface area contributed by atoms with Crippen molar-refractivity contribution in [2.45, 2.75) is 12.8 Å². The molecule has 0 saturated carbocycles. The Labute approximate surface area is 174 Å². The molecule has 0 atom stereocenters. The first-order chi connectivity index (χ1) is 14.2. The average molecular weight is 409 g/mol. The Morgan fingerprint density at radius 3 is 1.97 bits per heavy atom. The lowest BCUT2D eigenvalue weighted by molar-refractivity contribution is 0.445.